The summed E-state index contributed by atoms with van der Waals surface area (Å²) in [5, 5.41) is 19.8. The molecule has 2 N–H and O–H groups in total. The van der Waals surface area contributed by atoms with Crippen molar-refractivity contribution >= 4 is 17.3 Å². The zero-order valence-corrected chi connectivity index (χ0v) is 18.1. The molecule has 4 aromatic rings. The number of aromatic nitrogens is 2. The van der Waals surface area contributed by atoms with Crippen LogP contribution in [0.4, 0.5) is 8.78 Å². The van der Waals surface area contributed by atoms with E-state index >= 15 is 0 Å². The number of hydrogen-bond acceptors (Lipinski definition) is 7. The van der Waals surface area contributed by atoms with Crippen LogP contribution in [0.2, 0.25) is 0 Å². The van der Waals surface area contributed by atoms with Crippen molar-refractivity contribution in [3.8, 4) is 28.5 Å². The molecule has 172 valence electrons. The summed E-state index contributed by atoms with van der Waals surface area (Å²) in [6.07, 6.45) is 1.43. The minimum Gasteiger partial charge on any atom is -0.496 e. The molecule has 0 amide bonds. The normalized spacial score (nSPS) is 10.7. The van der Waals surface area contributed by atoms with Gasteiger partial charge in [0, 0.05) is 42.4 Å². The van der Waals surface area contributed by atoms with Gasteiger partial charge < -0.3 is 14.2 Å². The van der Waals surface area contributed by atoms with Gasteiger partial charge in [-0.3, -0.25) is 15.6 Å². The molecule has 10 heteroatoms. The van der Waals surface area contributed by atoms with E-state index in [1.807, 2.05) is 0 Å². The van der Waals surface area contributed by atoms with Gasteiger partial charge in [-0.05, 0) is 36.4 Å². The number of pyridine rings is 1. The molecule has 4 rings (SSSR count). The zero-order valence-electron chi connectivity index (χ0n) is 18.1. The highest BCUT2D eigenvalue weighted by molar-refractivity contribution is 6.00. The summed E-state index contributed by atoms with van der Waals surface area (Å²) in [6.45, 7) is 1.40. The van der Waals surface area contributed by atoms with Crippen molar-refractivity contribution in [1.29, 1.82) is 10.8 Å². The summed E-state index contributed by atoms with van der Waals surface area (Å²) in [4.78, 5) is 12.9. The fraction of sp³-hybridized carbons (Fsp3) is 0.0833. The van der Waals surface area contributed by atoms with E-state index in [-0.39, 0.29) is 34.4 Å². The second kappa shape index (κ2) is 9.10. The summed E-state index contributed by atoms with van der Waals surface area (Å²) in [5.41, 5.74) is 1.03. The van der Waals surface area contributed by atoms with Gasteiger partial charge >= 0.3 is 0 Å². The predicted molar refractivity (Wildman–Crippen MR) is 121 cm³/mol. The summed E-state index contributed by atoms with van der Waals surface area (Å²) >= 11 is 0. The molecule has 0 spiro atoms. The van der Waals surface area contributed by atoms with Crippen molar-refractivity contribution in [2.45, 2.75) is 6.92 Å². The number of rotatable bonds is 5. The second-order valence-electron chi connectivity index (χ2n) is 7.14. The Hall–Kier alpha value is -4.60. The van der Waals surface area contributed by atoms with Gasteiger partial charge in [0.25, 0.3) is 0 Å². The van der Waals surface area contributed by atoms with E-state index in [2.05, 4.69) is 5.10 Å². The summed E-state index contributed by atoms with van der Waals surface area (Å²) in [7, 11) is 1.45. The molecular weight excluding hydrogens is 446 g/mol. The van der Waals surface area contributed by atoms with Gasteiger partial charge in [0.2, 0.25) is 11.8 Å². The first-order chi connectivity index (χ1) is 16.3. The molecule has 0 aliphatic rings. The topological polar surface area (TPSA) is 110 Å². The maximum absolute atomic E-state index is 14.0. The summed E-state index contributed by atoms with van der Waals surface area (Å²) < 4.78 is 44.4. The van der Waals surface area contributed by atoms with Gasteiger partial charge in [-0.1, -0.05) is 0 Å². The van der Waals surface area contributed by atoms with E-state index in [0.29, 0.717) is 28.5 Å². The fourth-order valence-corrected chi connectivity index (χ4v) is 3.33. The molecule has 0 aliphatic carbocycles. The first-order valence-electron chi connectivity index (χ1n) is 9.93. The molecule has 0 radical (unpaired) electrons. The van der Waals surface area contributed by atoms with Crippen molar-refractivity contribution in [1.82, 2.24) is 9.61 Å². The molecule has 0 saturated carbocycles. The lowest BCUT2D eigenvalue weighted by atomic mass is 10.0. The number of nitrogens with zero attached hydrogens (tertiary/aromatic N) is 2. The third kappa shape index (κ3) is 4.46. The Labute approximate surface area is 192 Å². The van der Waals surface area contributed by atoms with Gasteiger partial charge in [0.05, 0.1) is 18.2 Å². The highest BCUT2D eigenvalue weighted by Gasteiger charge is 2.17. The molecule has 2 aromatic heterocycles. The predicted octanol–water partition coefficient (Wildman–Crippen LogP) is 4.78. The highest BCUT2D eigenvalue weighted by atomic mass is 19.1. The lowest BCUT2D eigenvalue weighted by Gasteiger charge is -2.14. The van der Waals surface area contributed by atoms with Crippen LogP contribution in [0.25, 0.3) is 16.6 Å². The highest BCUT2D eigenvalue weighted by Crippen LogP contribution is 2.32. The van der Waals surface area contributed by atoms with Gasteiger partial charge in [0.1, 0.15) is 11.6 Å². The minimum absolute atomic E-state index is 0.0185. The van der Waals surface area contributed by atoms with Crippen LogP contribution in [0.3, 0.4) is 0 Å². The van der Waals surface area contributed by atoms with Crippen LogP contribution in [0.15, 0.2) is 65.6 Å². The lowest BCUT2D eigenvalue weighted by molar-refractivity contribution is 0.415. The maximum atomic E-state index is 14.0. The SMILES string of the molecule is COc1ccc(C(=N)OC(C)=N)cc1-c1c(=O)ccn2nc(Oc3ccc(F)cc3F)ccc12. The second-order valence-corrected chi connectivity index (χ2v) is 7.14. The average molecular weight is 464 g/mol. The van der Waals surface area contributed by atoms with Crippen LogP contribution in [0.5, 0.6) is 17.4 Å². The van der Waals surface area contributed by atoms with Crippen LogP contribution in [0, 0.1) is 22.5 Å². The number of ether oxygens (including phenoxy) is 3. The number of nitrogens with one attached hydrogen (secondary N) is 2. The van der Waals surface area contributed by atoms with Crippen LogP contribution >= 0.6 is 0 Å². The molecule has 8 nitrogen and oxygen atoms in total. The fourth-order valence-electron chi connectivity index (χ4n) is 3.33. The molecule has 34 heavy (non-hydrogen) atoms. The van der Waals surface area contributed by atoms with Gasteiger partial charge in [-0.25, -0.2) is 13.3 Å². The standard InChI is InChI=1S/C24H18F2N4O4/c1-13(27)33-24(28)14-3-6-20(32-2)16(11-14)23-18-5-8-22(29-30(18)10-9-19(23)31)34-21-7-4-15(25)12-17(21)26/h3-12,27-28H,1-2H3. The lowest BCUT2D eigenvalue weighted by Crippen LogP contribution is -2.12. The largest absolute Gasteiger partial charge is 0.496 e. The molecule has 0 unspecified atom stereocenters. The van der Waals surface area contributed by atoms with E-state index < -0.39 is 11.6 Å². The Balaban J connectivity index is 1.81. The van der Waals surface area contributed by atoms with Crippen molar-refractivity contribution in [3.05, 3.63) is 88.2 Å². The third-order valence-corrected chi connectivity index (χ3v) is 4.80. The Kier molecular flexibility index (Phi) is 6.05. The smallest absolute Gasteiger partial charge is 0.237 e. The number of fused-ring (bicyclic) bond motifs is 1. The number of hydrogen-bond donors (Lipinski definition) is 2. The zero-order chi connectivity index (χ0) is 24.4. The van der Waals surface area contributed by atoms with Crippen molar-refractivity contribution in [3.63, 3.8) is 0 Å². The quantitative estimate of drug-likeness (QED) is 0.326. The average Bonchev–Trinajstić information content (AvgIpc) is 2.80. The molecule has 0 aliphatic heterocycles. The Morgan fingerprint density at radius 3 is 2.47 bits per heavy atom. The summed E-state index contributed by atoms with van der Waals surface area (Å²) in [6, 6.07) is 12.0. The molecule has 0 atom stereocenters. The number of methoxy groups -OCH3 is 1. The monoisotopic (exact) mass is 464 g/mol. The first kappa shape index (κ1) is 22.6. The Morgan fingerprint density at radius 2 is 1.76 bits per heavy atom. The number of halogens is 2. The van der Waals surface area contributed by atoms with Gasteiger partial charge in [0.15, 0.2) is 22.9 Å². The minimum atomic E-state index is -0.881. The van der Waals surface area contributed by atoms with Crippen molar-refractivity contribution < 1.29 is 23.0 Å². The van der Waals surface area contributed by atoms with Crippen molar-refractivity contribution in [2.24, 2.45) is 0 Å². The first-order valence-corrected chi connectivity index (χ1v) is 9.93. The van der Waals surface area contributed by atoms with Crippen molar-refractivity contribution in [2.75, 3.05) is 7.11 Å². The van der Waals surface area contributed by atoms with E-state index in [4.69, 9.17) is 25.0 Å². The maximum Gasteiger partial charge on any atom is 0.237 e. The van der Waals surface area contributed by atoms with E-state index in [0.717, 1.165) is 12.1 Å². The van der Waals surface area contributed by atoms with Gasteiger partial charge in [-0.15, -0.1) is 5.10 Å². The Morgan fingerprint density at radius 1 is 1.00 bits per heavy atom. The van der Waals surface area contributed by atoms with E-state index in [1.54, 1.807) is 24.3 Å². The molecule has 0 fully saturated rings. The molecular formula is C24H18F2N4O4. The molecule has 2 aromatic carbocycles. The van der Waals surface area contributed by atoms with E-state index in [9.17, 15) is 13.6 Å². The Bertz CT molecular complexity index is 1500. The molecule has 0 bridgehead atoms. The van der Waals surface area contributed by atoms with Gasteiger partial charge in [-0.2, -0.15) is 0 Å². The molecule has 2 heterocycles. The molecule has 0 saturated heterocycles. The van der Waals surface area contributed by atoms with Crippen LogP contribution in [0.1, 0.15) is 12.5 Å². The van der Waals surface area contributed by atoms with Crippen LogP contribution < -0.4 is 14.9 Å². The van der Waals surface area contributed by atoms with Crippen LogP contribution in [-0.4, -0.2) is 28.5 Å². The summed E-state index contributed by atoms with van der Waals surface area (Å²) in [5.74, 6) is -1.83. The number of benzene rings is 2. The van der Waals surface area contributed by atoms with Crippen LogP contribution in [-0.2, 0) is 4.74 Å². The van der Waals surface area contributed by atoms with E-state index in [1.165, 1.54) is 36.9 Å². The third-order valence-electron chi connectivity index (χ3n) is 4.80.